The van der Waals surface area contributed by atoms with Crippen LogP contribution in [0, 0.1) is 6.92 Å². The number of nitrogens with zero attached hydrogens (tertiary/aromatic N) is 1. The van der Waals surface area contributed by atoms with E-state index in [-0.39, 0.29) is 29.5 Å². The molecule has 6 nitrogen and oxygen atoms in total. The van der Waals surface area contributed by atoms with E-state index in [4.69, 9.17) is 4.42 Å². The third kappa shape index (κ3) is 3.17. The summed E-state index contributed by atoms with van der Waals surface area (Å²) >= 11 is 0. The first kappa shape index (κ1) is 16.9. The number of nitrogens with one attached hydrogen (secondary N) is 1. The van der Waals surface area contributed by atoms with Gasteiger partial charge in [-0.15, -0.1) is 0 Å². The Balaban J connectivity index is 1.90. The molecule has 0 saturated heterocycles. The van der Waals surface area contributed by atoms with E-state index in [0.717, 1.165) is 5.69 Å². The summed E-state index contributed by atoms with van der Waals surface area (Å²) in [7, 11) is 0. The first-order chi connectivity index (χ1) is 13.0. The number of anilines is 1. The van der Waals surface area contributed by atoms with Gasteiger partial charge in [0.1, 0.15) is 22.8 Å². The third-order valence-electron chi connectivity index (χ3n) is 4.54. The highest BCUT2D eigenvalue weighted by molar-refractivity contribution is 6.05. The fourth-order valence-electron chi connectivity index (χ4n) is 3.31. The van der Waals surface area contributed by atoms with Gasteiger partial charge in [-0.1, -0.05) is 30.3 Å². The minimum absolute atomic E-state index is 0.0412. The Labute approximate surface area is 155 Å². The highest BCUT2D eigenvalue weighted by atomic mass is 16.4. The fourth-order valence-corrected chi connectivity index (χ4v) is 3.31. The van der Waals surface area contributed by atoms with Gasteiger partial charge in [0.15, 0.2) is 0 Å². The summed E-state index contributed by atoms with van der Waals surface area (Å²) in [6, 6.07) is 15.5. The minimum Gasteiger partial charge on any atom is -0.508 e. The van der Waals surface area contributed by atoms with Crippen LogP contribution in [0.3, 0.4) is 0 Å². The van der Waals surface area contributed by atoms with Gasteiger partial charge in [-0.2, -0.15) is 0 Å². The second-order valence-electron chi connectivity index (χ2n) is 6.44. The summed E-state index contributed by atoms with van der Waals surface area (Å²) in [5.41, 5.74) is 1.90. The monoisotopic (exact) mass is 362 g/mol. The molecule has 4 rings (SSSR count). The van der Waals surface area contributed by atoms with Crippen molar-refractivity contribution in [2.24, 2.45) is 4.99 Å². The molecule has 136 valence electrons. The topological polar surface area (TPSA) is 95.1 Å². The predicted octanol–water partition coefficient (Wildman–Crippen LogP) is 4.04. The molecule has 1 unspecified atom stereocenters. The van der Waals surface area contributed by atoms with Crippen molar-refractivity contribution in [3.05, 3.63) is 81.9 Å². The second-order valence-corrected chi connectivity index (χ2v) is 6.44. The zero-order chi connectivity index (χ0) is 19.0. The number of benzene rings is 2. The lowest BCUT2D eigenvalue weighted by Crippen LogP contribution is -2.20. The van der Waals surface area contributed by atoms with Crippen LogP contribution in [0.25, 0.3) is 0 Å². The van der Waals surface area contributed by atoms with Crippen molar-refractivity contribution in [2.45, 2.75) is 19.4 Å². The van der Waals surface area contributed by atoms with Crippen LogP contribution in [-0.2, 0) is 0 Å². The number of aromatic hydroxyl groups is 2. The number of hydrogen-bond donors (Lipinski definition) is 3. The Morgan fingerprint density at radius 3 is 2.59 bits per heavy atom. The first-order valence-corrected chi connectivity index (χ1v) is 8.58. The van der Waals surface area contributed by atoms with Crippen molar-refractivity contribution in [3.63, 3.8) is 0 Å². The van der Waals surface area contributed by atoms with Crippen molar-refractivity contribution >= 4 is 17.1 Å². The Bertz CT molecular complexity index is 1100. The molecule has 27 heavy (non-hydrogen) atoms. The number of aryl methyl sites for hydroxylation is 1. The van der Waals surface area contributed by atoms with Crippen LogP contribution in [0.15, 0.2) is 68.8 Å². The molecule has 1 aliphatic rings. The summed E-state index contributed by atoms with van der Waals surface area (Å²) < 4.78 is 5.17. The number of phenolic OH excluding ortho intramolecular Hbond substituents is 1. The lowest BCUT2D eigenvalue weighted by atomic mass is 9.97. The van der Waals surface area contributed by atoms with Crippen LogP contribution in [0.2, 0.25) is 0 Å². The number of rotatable bonds is 2. The van der Waals surface area contributed by atoms with Gasteiger partial charge < -0.3 is 19.9 Å². The van der Waals surface area contributed by atoms with Crippen molar-refractivity contribution < 1.29 is 14.6 Å². The molecular formula is C21H18N2O4. The second kappa shape index (κ2) is 6.64. The molecule has 1 aliphatic heterocycles. The lowest BCUT2D eigenvalue weighted by molar-refractivity contribution is 0.432. The maximum atomic E-state index is 12.4. The molecule has 0 fully saturated rings. The summed E-state index contributed by atoms with van der Waals surface area (Å²) in [5.74, 6) is 0.304. The zero-order valence-electron chi connectivity index (χ0n) is 14.6. The Morgan fingerprint density at radius 1 is 1.07 bits per heavy atom. The minimum atomic E-state index is -0.637. The SMILES string of the molecule is Cc1cc(O)c(C2=Nc3ccccc3NC(c3ccccc3O)C2)c(=O)o1. The molecule has 0 radical (unpaired) electrons. The number of aliphatic imine (C=N–C) groups is 1. The molecule has 0 saturated carbocycles. The average Bonchev–Trinajstić information content (AvgIpc) is 2.80. The van der Waals surface area contributed by atoms with Crippen LogP contribution in [0.1, 0.15) is 29.3 Å². The Hall–Kier alpha value is -3.54. The van der Waals surface area contributed by atoms with Crippen LogP contribution >= 0.6 is 0 Å². The van der Waals surface area contributed by atoms with Crippen molar-refractivity contribution in [2.75, 3.05) is 5.32 Å². The van der Waals surface area contributed by atoms with Crippen molar-refractivity contribution in [1.29, 1.82) is 0 Å². The normalized spacial score (nSPS) is 16.0. The molecule has 3 aromatic rings. The van der Waals surface area contributed by atoms with E-state index in [1.807, 2.05) is 36.4 Å². The van der Waals surface area contributed by atoms with Gasteiger partial charge in [0, 0.05) is 18.1 Å². The number of fused-ring (bicyclic) bond motifs is 1. The van der Waals surface area contributed by atoms with Gasteiger partial charge in [0.2, 0.25) is 0 Å². The van der Waals surface area contributed by atoms with Gasteiger partial charge in [-0.3, -0.25) is 4.99 Å². The molecule has 2 aromatic carbocycles. The number of phenols is 1. The molecule has 1 aromatic heterocycles. The predicted molar refractivity (Wildman–Crippen MR) is 103 cm³/mol. The largest absolute Gasteiger partial charge is 0.508 e. The van der Waals surface area contributed by atoms with Gasteiger partial charge in [-0.05, 0) is 25.1 Å². The molecule has 6 heteroatoms. The third-order valence-corrected chi connectivity index (χ3v) is 4.54. The molecular weight excluding hydrogens is 344 g/mol. The van der Waals surface area contributed by atoms with Crippen LogP contribution in [0.5, 0.6) is 11.5 Å². The van der Waals surface area contributed by atoms with E-state index in [1.54, 1.807) is 19.1 Å². The summed E-state index contributed by atoms with van der Waals surface area (Å²) in [6.45, 7) is 1.60. The highest BCUT2D eigenvalue weighted by Gasteiger charge is 2.26. The highest BCUT2D eigenvalue weighted by Crippen LogP contribution is 2.38. The maximum Gasteiger partial charge on any atom is 0.348 e. The van der Waals surface area contributed by atoms with E-state index in [9.17, 15) is 15.0 Å². The molecule has 3 N–H and O–H groups in total. The van der Waals surface area contributed by atoms with Crippen LogP contribution in [-0.4, -0.2) is 15.9 Å². The zero-order valence-corrected chi connectivity index (χ0v) is 14.6. The van der Waals surface area contributed by atoms with E-state index >= 15 is 0 Å². The molecule has 0 amide bonds. The van der Waals surface area contributed by atoms with E-state index in [0.29, 0.717) is 22.7 Å². The van der Waals surface area contributed by atoms with Crippen molar-refractivity contribution in [3.8, 4) is 11.5 Å². The lowest BCUT2D eigenvalue weighted by Gasteiger charge is -2.20. The number of hydrogen-bond acceptors (Lipinski definition) is 6. The van der Waals surface area contributed by atoms with Crippen molar-refractivity contribution in [1.82, 2.24) is 0 Å². The van der Waals surface area contributed by atoms with Gasteiger partial charge in [0.25, 0.3) is 0 Å². The van der Waals surface area contributed by atoms with E-state index in [2.05, 4.69) is 10.3 Å². The summed E-state index contributed by atoms with van der Waals surface area (Å²) in [4.78, 5) is 17.0. The fraction of sp³-hybridized carbons (Fsp3) is 0.143. The summed E-state index contributed by atoms with van der Waals surface area (Å²) in [6.07, 6.45) is 0.285. The Kier molecular flexibility index (Phi) is 4.16. The maximum absolute atomic E-state index is 12.4. The molecule has 0 bridgehead atoms. The Morgan fingerprint density at radius 2 is 1.81 bits per heavy atom. The number of para-hydroxylation sites is 3. The molecule has 1 atom stereocenters. The van der Waals surface area contributed by atoms with Gasteiger partial charge in [-0.25, -0.2) is 4.79 Å². The smallest absolute Gasteiger partial charge is 0.348 e. The first-order valence-electron chi connectivity index (χ1n) is 8.58. The molecule has 0 spiro atoms. The molecule has 2 heterocycles. The van der Waals surface area contributed by atoms with Crippen LogP contribution < -0.4 is 10.9 Å². The quantitative estimate of drug-likeness (QED) is 0.639. The van der Waals surface area contributed by atoms with E-state index in [1.165, 1.54) is 6.07 Å². The van der Waals surface area contributed by atoms with Crippen LogP contribution in [0.4, 0.5) is 11.4 Å². The summed E-state index contributed by atoms with van der Waals surface area (Å²) in [5, 5.41) is 24.0. The molecule has 0 aliphatic carbocycles. The average molecular weight is 362 g/mol. The standard InChI is InChI=1S/C21H18N2O4/c1-12-10-19(25)20(21(26)27-12)17-11-16(13-6-2-5-9-18(13)24)22-14-7-3-4-8-15(14)23-17/h2-10,16,22,24-25H,11H2,1H3. The van der Waals surface area contributed by atoms with Gasteiger partial charge in [0.05, 0.1) is 23.1 Å². The van der Waals surface area contributed by atoms with Gasteiger partial charge >= 0.3 is 5.63 Å². The van der Waals surface area contributed by atoms with E-state index < -0.39 is 5.63 Å².